The summed E-state index contributed by atoms with van der Waals surface area (Å²) in [4.78, 5) is 23.4. The van der Waals surface area contributed by atoms with Gasteiger partial charge in [-0.2, -0.15) is 0 Å². The summed E-state index contributed by atoms with van der Waals surface area (Å²) < 4.78 is 23.3. The summed E-state index contributed by atoms with van der Waals surface area (Å²) in [6, 6.07) is 11.3. The van der Waals surface area contributed by atoms with Gasteiger partial charge in [-0.05, 0) is 29.8 Å². The number of hydrogen-bond acceptors (Lipinski definition) is 5. The van der Waals surface area contributed by atoms with Crippen molar-refractivity contribution in [1.29, 1.82) is 0 Å². The summed E-state index contributed by atoms with van der Waals surface area (Å²) in [5, 5.41) is 10.00. The van der Waals surface area contributed by atoms with Crippen LogP contribution in [0.2, 0.25) is 0 Å². The molecule has 1 N–H and O–H groups in total. The summed E-state index contributed by atoms with van der Waals surface area (Å²) >= 11 is 0. The molecule has 122 valence electrons. The Balaban J connectivity index is 1.75. The lowest BCUT2D eigenvalue weighted by atomic mass is 10.1. The quantitative estimate of drug-likeness (QED) is 0.588. The molecule has 24 heavy (non-hydrogen) atoms. The van der Waals surface area contributed by atoms with Crippen LogP contribution in [0.3, 0.4) is 0 Å². The van der Waals surface area contributed by atoms with E-state index in [1.807, 2.05) is 0 Å². The topological polar surface area (TPSA) is 76.7 Å². The van der Waals surface area contributed by atoms with Crippen LogP contribution in [-0.4, -0.2) is 11.1 Å². The molecular formula is C18H13FO5. The molecule has 0 aliphatic heterocycles. The van der Waals surface area contributed by atoms with E-state index in [1.54, 1.807) is 12.1 Å². The van der Waals surface area contributed by atoms with Crippen LogP contribution in [0, 0.1) is 5.82 Å². The van der Waals surface area contributed by atoms with Crippen LogP contribution in [-0.2, 0) is 22.6 Å². The van der Waals surface area contributed by atoms with E-state index in [2.05, 4.69) is 0 Å². The summed E-state index contributed by atoms with van der Waals surface area (Å²) in [5.74, 6) is -1.00. The average molecular weight is 328 g/mol. The van der Waals surface area contributed by atoms with Gasteiger partial charge < -0.3 is 14.3 Å². The number of halogens is 1. The van der Waals surface area contributed by atoms with E-state index in [-0.39, 0.29) is 24.4 Å². The second-order valence-corrected chi connectivity index (χ2v) is 5.24. The lowest BCUT2D eigenvalue weighted by Gasteiger charge is -2.07. The number of benzene rings is 2. The molecule has 6 heteroatoms. The van der Waals surface area contributed by atoms with Gasteiger partial charge in [0.15, 0.2) is 0 Å². The molecule has 0 aliphatic carbocycles. The maximum atomic E-state index is 13.1. The maximum absolute atomic E-state index is 13.1. The Kier molecular flexibility index (Phi) is 4.29. The van der Waals surface area contributed by atoms with Crippen LogP contribution >= 0.6 is 0 Å². The third-order valence-corrected chi connectivity index (χ3v) is 3.44. The Bertz CT molecular complexity index is 961. The number of carbonyl (C=O) groups is 1. The fraction of sp³-hybridized carbons (Fsp3) is 0.111. The number of ether oxygens (including phenoxy) is 1. The summed E-state index contributed by atoms with van der Waals surface area (Å²) in [6.45, 7) is -0.124. The number of phenols is 1. The van der Waals surface area contributed by atoms with E-state index < -0.39 is 17.4 Å². The second kappa shape index (κ2) is 6.54. The van der Waals surface area contributed by atoms with Crippen LogP contribution in [0.5, 0.6) is 5.75 Å². The molecule has 0 saturated heterocycles. The fourth-order valence-corrected chi connectivity index (χ4v) is 2.36. The van der Waals surface area contributed by atoms with Crippen molar-refractivity contribution in [2.24, 2.45) is 0 Å². The third kappa shape index (κ3) is 3.60. The lowest BCUT2D eigenvalue weighted by Crippen LogP contribution is -2.10. The Hall–Kier alpha value is -3.15. The Labute approximate surface area is 135 Å². The third-order valence-electron chi connectivity index (χ3n) is 3.44. The van der Waals surface area contributed by atoms with Gasteiger partial charge in [0.1, 0.15) is 23.8 Å². The van der Waals surface area contributed by atoms with Gasteiger partial charge in [0.25, 0.3) is 0 Å². The highest BCUT2D eigenvalue weighted by atomic mass is 19.1. The number of carbonyl (C=O) groups excluding carboxylic acids is 1. The molecular weight excluding hydrogens is 315 g/mol. The van der Waals surface area contributed by atoms with Crippen LogP contribution in [0.25, 0.3) is 11.0 Å². The first-order chi connectivity index (χ1) is 11.5. The molecule has 0 amide bonds. The molecule has 0 aliphatic rings. The molecule has 0 fully saturated rings. The number of hydrogen-bond donors (Lipinski definition) is 1. The zero-order chi connectivity index (χ0) is 17.1. The molecule has 5 nitrogen and oxygen atoms in total. The Morgan fingerprint density at radius 3 is 2.79 bits per heavy atom. The van der Waals surface area contributed by atoms with E-state index in [9.17, 15) is 19.1 Å². The number of phenolic OH excluding ortho intramolecular Hbond substituents is 1. The van der Waals surface area contributed by atoms with Crippen molar-refractivity contribution in [2.75, 3.05) is 0 Å². The van der Waals surface area contributed by atoms with Gasteiger partial charge in [-0.15, -0.1) is 0 Å². The summed E-state index contributed by atoms with van der Waals surface area (Å²) in [5.41, 5.74) is 0.569. The first-order valence-corrected chi connectivity index (χ1v) is 7.17. The minimum Gasteiger partial charge on any atom is -0.508 e. The van der Waals surface area contributed by atoms with Crippen molar-refractivity contribution >= 4 is 16.9 Å². The predicted octanol–water partition coefficient (Wildman–Crippen LogP) is 2.92. The molecule has 2 aromatic carbocycles. The van der Waals surface area contributed by atoms with E-state index >= 15 is 0 Å². The zero-order valence-electron chi connectivity index (χ0n) is 12.5. The molecule has 0 atom stereocenters. The predicted molar refractivity (Wildman–Crippen MR) is 84.0 cm³/mol. The molecule has 1 heterocycles. The SMILES string of the molecule is O=C(Cc1cccc(F)c1)OCc1cc(=O)oc2cc(O)ccc12. The molecule has 3 aromatic rings. The Morgan fingerprint density at radius 2 is 2.00 bits per heavy atom. The molecule has 1 aromatic heterocycles. The van der Waals surface area contributed by atoms with E-state index in [1.165, 1.54) is 36.4 Å². The largest absolute Gasteiger partial charge is 0.508 e. The maximum Gasteiger partial charge on any atom is 0.336 e. The standard InChI is InChI=1S/C18H13FO5/c19-13-3-1-2-11(6-13)7-17(21)23-10-12-8-18(22)24-16-9-14(20)4-5-15(12)16/h1-6,8-9,20H,7,10H2. The van der Waals surface area contributed by atoms with Crippen LogP contribution in [0.4, 0.5) is 4.39 Å². The number of esters is 1. The highest BCUT2D eigenvalue weighted by molar-refractivity contribution is 5.81. The van der Waals surface area contributed by atoms with Gasteiger partial charge in [0.2, 0.25) is 0 Å². The summed E-state index contributed by atoms with van der Waals surface area (Å²) in [6.07, 6.45) is -0.0715. The van der Waals surface area contributed by atoms with Gasteiger partial charge in [-0.1, -0.05) is 12.1 Å². The van der Waals surface area contributed by atoms with Gasteiger partial charge in [0.05, 0.1) is 6.42 Å². The van der Waals surface area contributed by atoms with Gasteiger partial charge in [-0.3, -0.25) is 4.79 Å². The molecule has 0 spiro atoms. The van der Waals surface area contributed by atoms with E-state index in [0.29, 0.717) is 16.5 Å². The Morgan fingerprint density at radius 1 is 1.17 bits per heavy atom. The monoisotopic (exact) mass is 328 g/mol. The molecule has 0 radical (unpaired) electrons. The molecule has 0 saturated carbocycles. The van der Waals surface area contributed by atoms with Gasteiger partial charge in [-0.25, -0.2) is 9.18 Å². The smallest absolute Gasteiger partial charge is 0.336 e. The molecule has 3 rings (SSSR count). The van der Waals surface area contributed by atoms with Crippen molar-refractivity contribution < 1.29 is 23.4 Å². The van der Waals surface area contributed by atoms with Crippen LogP contribution in [0.1, 0.15) is 11.1 Å². The van der Waals surface area contributed by atoms with Crippen molar-refractivity contribution in [3.8, 4) is 5.75 Å². The van der Waals surface area contributed by atoms with Crippen molar-refractivity contribution in [3.63, 3.8) is 0 Å². The van der Waals surface area contributed by atoms with Crippen molar-refractivity contribution in [1.82, 2.24) is 0 Å². The average Bonchev–Trinajstić information content (AvgIpc) is 2.52. The van der Waals surface area contributed by atoms with Gasteiger partial charge >= 0.3 is 11.6 Å². The van der Waals surface area contributed by atoms with Crippen LogP contribution < -0.4 is 5.63 Å². The van der Waals surface area contributed by atoms with E-state index in [0.717, 1.165) is 0 Å². The number of rotatable bonds is 4. The first-order valence-electron chi connectivity index (χ1n) is 7.17. The zero-order valence-corrected chi connectivity index (χ0v) is 12.5. The highest BCUT2D eigenvalue weighted by Gasteiger charge is 2.10. The molecule has 0 bridgehead atoms. The first kappa shape index (κ1) is 15.7. The summed E-state index contributed by atoms with van der Waals surface area (Å²) in [7, 11) is 0. The number of aromatic hydroxyl groups is 1. The minimum atomic E-state index is -0.607. The van der Waals surface area contributed by atoms with E-state index in [4.69, 9.17) is 9.15 Å². The van der Waals surface area contributed by atoms with Crippen LogP contribution in [0.15, 0.2) is 57.7 Å². The van der Waals surface area contributed by atoms with Gasteiger partial charge in [0, 0.05) is 23.1 Å². The molecule has 0 unspecified atom stereocenters. The normalized spacial score (nSPS) is 10.7. The highest BCUT2D eigenvalue weighted by Crippen LogP contribution is 2.22. The van der Waals surface area contributed by atoms with Crippen molar-refractivity contribution in [3.05, 3.63) is 75.9 Å². The second-order valence-electron chi connectivity index (χ2n) is 5.24. The minimum absolute atomic E-state index is 0.0362. The van der Waals surface area contributed by atoms with Crippen molar-refractivity contribution in [2.45, 2.75) is 13.0 Å². The number of fused-ring (bicyclic) bond motifs is 1. The lowest BCUT2D eigenvalue weighted by molar-refractivity contribution is -0.144. The fourth-order valence-electron chi connectivity index (χ4n) is 2.36.